The minimum atomic E-state index is -4.08. The molecule has 9 nitrogen and oxygen atoms in total. The number of anilines is 1. The number of nitrogens with one attached hydrogen (secondary N) is 1. The Hall–Kier alpha value is -2.41. The van der Waals surface area contributed by atoms with Crippen molar-refractivity contribution >= 4 is 47.3 Å². The molecule has 0 fully saturated rings. The van der Waals surface area contributed by atoms with Gasteiger partial charge in [-0.15, -0.1) is 0 Å². The fourth-order valence-corrected chi connectivity index (χ4v) is 6.69. The Kier molecular flexibility index (Phi) is 6.46. The van der Waals surface area contributed by atoms with Crippen molar-refractivity contribution in [1.29, 1.82) is 0 Å². The van der Waals surface area contributed by atoms with Crippen LogP contribution in [0.1, 0.15) is 13.8 Å². The van der Waals surface area contributed by atoms with Gasteiger partial charge in [-0.2, -0.15) is 4.31 Å². The lowest BCUT2D eigenvalue weighted by atomic mass is 10.3. The zero-order chi connectivity index (χ0) is 23.0. The molecule has 1 heterocycles. The van der Waals surface area contributed by atoms with Crippen LogP contribution in [0.4, 0.5) is 5.69 Å². The number of aryl methyl sites for hydroxylation is 1. The molecule has 168 valence electrons. The van der Waals surface area contributed by atoms with Gasteiger partial charge in [0.2, 0.25) is 10.0 Å². The number of sulfonamides is 2. The lowest BCUT2D eigenvalue weighted by Crippen LogP contribution is -2.30. The maximum atomic E-state index is 13.0. The van der Waals surface area contributed by atoms with Crippen molar-refractivity contribution in [2.45, 2.75) is 23.6 Å². The van der Waals surface area contributed by atoms with Crippen LogP contribution in [0.15, 0.2) is 51.0 Å². The molecule has 2 aromatic carbocycles. The van der Waals surface area contributed by atoms with Gasteiger partial charge >= 0.3 is 4.87 Å². The van der Waals surface area contributed by atoms with Crippen LogP contribution in [0.5, 0.6) is 5.75 Å². The smallest absolute Gasteiger partial charge is 0.307 e. The van der Waals surface area contributed by atoms with Crippen LogP contribution in [-0.2, 0) is 27.1 Å². The highest BCUT2D eigenvalue weighted by Crippen LogP contribution is 2.31. The average Bonchev–Trinajstić information content (AvgIpc) is 3.01. The summed E-state index contributed by atoms with van der Waals surface area (Å²) in [6, 6.07) is 8.37. The molecule has 0 atom stereocenters. The predicted octanol–water partition coefficient (Wildman–Crippen LogP) is 2.44. The van der Waals surface area contributed by atoms with Gasteiger partial charge in [0.15, 0.2) is 0 Å². The zero-order valence-electron chi connectivity index (χ0n) is 17.4. The number of hydrogen-bond donors (Lipinski definition) is 1. The third kappa shape index (κ3) is 4.33. The van der Waals surface area contributed by atoms with E-state index in [1.807, 2.05) is 0 Å². The number of ether oxygens (including phenoxy) is 1. The van der Waals surface area contributed by atoms with E-state index in [1.54, 1.807) is 27.0 Å². The molecular formula is C19H23N3O6S3. The molecule has 3 rings (SSSR count). The molecule has 0 saturated carbocycles. The monoisotopic (exact) mass is 485 g/mol. The summed E-state index contributed by atoms with van der Waals surface area (Å²) in [7, 11) is -4.90. The highest BCUT2D eigenvalue weighted by molar-refractivity contribution is 7.92. The number of methoxy groups -OCH3 is 1. The molecule has 0 aliphatic heterocycles. The second-order valence-corrected chi connectivity index (χ2v) is 11.2. The summed E-state index contributed by atoms with van der Waals surface area (Å²) in [5.41, 5.74) is 0.621. The summed E-state index contributed by atoms with van der Waals surface area (Å²) in [5, 5.41) is 0. The summed E-state index contributed by atoms with van der Waals surface area (Å²) in [5.74, 6) is 0.174. The molecule has 0 radical (unpaired) electrons. The van der Waals surface area contributed by atoms with Gasteiger partial charge < -0.3 is 9.30 Å². The third-order valence-electron chi connectivity index (χ3n) is 4.83. The van der Waals surface area contributed by atoms with E-state index in [-0.39, 0.29) is 39.2 Å². The van der Waals surface area contributed by atoms with E-state index in [0.717, 1.165) is 11.3 Å². The quantitative estimate of drug-likeness (QED) is 0.524. The number of fused-ring (bicyclic) bond motifs is 1. The average molecular weight is 486 g/mol. The number of thiazole rings is 1. The van der Waals surface area contributed by atoms with E-state index in [1.165, 1.54) is 46.3 Å². The SMILES string of the molecule is CCN(CC)S(=O)(=O)c1ccc(OC)c(NS(=O)(=O)c2ccc3c(c2)sc(=O)n3C)c1. The maximum Gasteiger partial charge on any atom is 0.307 e. The molecule has 0 unspecified atom stereocenters. The van der Waals surface area contributed by atoms with Gasteiger partial charge in [-0.3, -0.25) is 9.52 Å². The largest absolute Gasteiger partial charge is 0.495 e. The van der Waals surface area contributed by atoms with E-state index >= 15 is 0 Å². The van der Waals surface area contributed by atoms with Gasteiger partial charge in [-0.05, 0) is 36.4 Å². The van der Waals surface area contributed by atoms with Gasteiger partial charge in [0.05, 0.1) is 32.8 Å². The summed E-state index contributed by atoms with van der Waals surface area (Å²) in [6.07, 6.45) is 0. The predicted molar refractivity (Wildman–Crippen MR) is 121 cm³/mol. The van der Waals surface area contributed by atoms with Crippen molar-refractivity contribution in [1.82, 2.24) is 8.87 Å². The van der Waals surface area contributed by atoms with E-state index < -0.39 is 20.0 Å². The molecule has 0 aliphatic carbocycles. The standard InChI is InChI=1S/C19H23N3O6S3/c1-5-22(6-2)31(26,27)14-8-10-17(28-4)15(11-14)20-30(24,25)13-7-9-16-18(12-13)29-19(23)21(16)3/h7-12,20H,5-6H2,1-4H3. The Labute approximate surface area is 185 Å². The summed E-state index contributed by atoms with van der Waals surface area (Å²) < 4.78 is 62.6. The van der Waals surface area contributed by atoms with E-state index in [4.69, 9.17) is 4.74 Å². The lowest BCUT2D eigenvalue weighted by molar-refractivity contribution is 0.416. The molecule has 0 spiro atoms. The lowest BCUT2D eigenvalue weighted by Gasteiger charge is -2.20. The van der Waals surface area contributed by atoms with Crippen LogP contribution in [0, 0.1) is 0 Å². The Bertz CT molecular complexity index is 1390. The second kappa shape index (κ2) is 8.61. The molecule has 0 aliphatic rings. The van der Waals surface area contributed by atoms with Crippen molar-refractivity contribution in [3.05, 3.63) is 46.1 Å². The van der Waals surface area contributed by atoms with Crippen LogP contribution >= 0.6 is 11.3 Å². The summed E-state index contributed by atoms with van der Waals surface area (Å²) in [6.45, 7) is 4.02. The minimum Gasteiger partial charge on any atom is -0.495 e. The van der Waals surface area contributed by atoms with Gasteiger partial charge in [0.25, 0.3) is 10.0 Å². The normalized spacial score (nSPS) is 12.4. The van der Waals surface area contributed by atoms with Gasteiger partial charge in [0.1, 0.15) is 5.75 Å². The fraction of sp³-hybridized carbons (Fsp3) is 0.316. The molecule has 0 saturated heterocycles. The molecule has 3 aromatic rings. The van der Waals surface area contributed by atoms with Crippen molar-refractivity contribution in [3.8, 4) is 5.75 Å². The third-order valence-corrected chi connectivity index (χ3v) is 9.24. The molecule has 31 heavy (non-hydrogen) atoms. The highest BCUT2D eigenvalue weighted by atomic mass is 32.2. The number of rotatable bonds is 8. The van der Waals surface area contributed by atoms with Crippen molar-refractivity contribution in [2.75, 3.05) is 24.9 Å². The Balaban J connectivity index is 2.05. The Morgan fingerprint density at radius 3 is 2.29 bits per heavy atom. The van der Waals surface area contributed by atoms with E-state index in [2.05, 4.69) is 4.72 Å². The summed E-state index contributed by atoms with van der Waals surface area (Å²) in [4.78, 5) is 11.5. The molecule has 1 aromatic heterocycles. The van der Waals surface area contributed by atoms with Crippen LogP contribution in [0.25, 0.3) is 10.2 Å². The number of hydrogen-bond acceptors (Lipinski definition) is 7. The van der Waals surface area contributed by atoms with Gasteiger partial charge in [-0.25, -0.2) is 16.8 Å². The molecule has 0 bridgehead atoms. The molecule has 12 heteroatoms. The topological polar surface area (TPSA) is 115 Å². The van der Waals surface area contributed by atoms with Crippen molar-refractivity contribution in [3.63, 3.8) is 0 Å². The van der Waals surface area contributed by atoms with Crippen LogP contribution in [0.3, 0.4) is 0 Å². The van der Waals surface area contributed by atoms with Crippen molar-refractivity contribution in [2.24, 2.45) is 7.05 Å². The highest BCUT2D eigenvalue weighted by Gasteiger charge is 2.25. The summed E-state index contributed by atoms with van der Waals surface area (Å²) >= 11 is 0.943. The second-order valence-electron chi connectivity index (χ2n) is 6.61. The Morgan fingerprint density at radius 1 is 1.03 bits per heavy atom. The first-order valence-electron chi connectivity index (χ1n) is 9.35. The maximum absolute atomic E-state index is 13.0. The molecular weight excluding hydrogens is 462 g/mol. The first-order valence-corrected chi connectivity index (χ1v) is 13.1. The Morgan fingerprint density at radius 2 is 1.68 bits per heavy atom. The van der Waals surface area contributed by atoms with Gasteiger partial charge in [0, 0.05) is 20.1 Å². The van der Waals surface area contributed by atoms with Crippen LogP contribution < -0.4 is 14.3 Å². The minimum absolute atomic E-state index is 0.00271. The van der Waals surface area contributed by atoms with Gasteiger partial charge in [-0.1, -0.05) is 25.2 Å². The number of aromatic nitrogens is 1. The van der Waals surface area contributed by atoms with Crippen LogP contribution in [0.2, 0.25) is 0 Å². The first kappa shape index (κ1) is 23.3. The van der Waals surface area contributed by atoms with Crippen LogP contribution in [-0.4, -0.2) is 45.9 Å². The van der Waals surface area contributed by atoms with Crippen molar-refractivity contribution < 1.29 is 21.6 Å². The van der Waals surface area contributed by atoms with E-state index in [0.29, 0.717) is 10.2 Å². The number of benzene rings is 2. The van der Waals surface area contributed by atoms with E-state index in [9.17, 15) is 21.6 Å². The first-order chi connectivity index (χ1) is 14.5. The molecule has 1 N–H and O–H groups in total. The zero-order valence-corrected chi connectivity index (χ0v) is 19.9. The molecule has 0 amide bonds. The fourth-order valence-electron chi connectivity index (χ4n) is 3.12. The number of nitrogens with zero attached hydrogens (tertiary/aromatic N) is 2.